The second-order valence-corrected chi connectivity index (χ2v) is 2.59. The van der Waals surface area contributed by atoms with Crippen molar-refractivity contribution in [2.24, 2.45) is 0 Å². The molecule has 1 rings (SSSR count). The third-order valence-corrected chi connectivity index (χ3v) is 1.58. The number of nitriles is 1. The van der Waals surface area contributed by atoms with Crippen LogP contribution < -0.4 is 0 Å². The van der Waals surface area contributed by atoms with Gasteiger partial charge in [-0.1, -0.05) is 13.0 Å². The second kappa shape index (κ2) is 3.82. The Bertz CT molecular complexity index is 220. The molecule has 0 N–H and O–H groups in total. The van der Waals surface area contributed by atoms with Crippen molar-refractivity contribution in [1.82, 2.24) is 4.90 Å². The van der Waals surface area contributed by atoms with Gasteiger partial charge in [0.25, 0.3) is 0 Å². The van der Waals surface area contributed by atoms with Crippen LogP contribution in [0.25, 0.3) is 0 Å². The van der Waals surface area contributed by atoms with Gasteiger partial charge in [0.1, 0.15) is 0 Å². The molecule has 1 aliphatic rings. The average Bonchev–Trinajstić information content (AvgIpc) is 2.06. The van der Waals surface area contributed by atoms with Crippen molar-refractivity contribution in [1.29, 1.82) is 5.26 Å². The summed E-state index contributed by atoms with van der Waals surface area (Å²) in [7, 11) is 0. The van der Waals surface area contributed by atoms with Gasteiger partial charge in [0.05, 0.1) is 6.07 Å². The lowest BCUT2D eigenvalue weighted by atomic mass is 10.2. The van der Waals surface area contributed by atoms with Crippen molar-refractivity contribution in [3.8, 4) is 6.07 Å². The average molecular weight is 148 g/mol. The number of rotatable bonds is 2. The molecule has 2 nitrogen and oxygen atoms in total. The van der Waals surface area contributed by atoms with E-state index in [0.717, 1.165) is 25.0 Å². The van der Waals surface area contributed by atoms with Crippen LogP contribution >= 0.6 is 0 Å². The van der Waals surface area contributed by atoms with Gasteiger partial charge in [-0.3, -0.25) is 0 Å². The Morgan fingerprint density at radius 1 is 1.73 bits per heavy atom. The zero-order chi connectivity index (χ0) is 8.10. The molecule has 0 atom stereocenters. The summed E-state index contributed by atoms with van der Waals surface area (Å²) in [6.07, 6.45) is 7.87. The molecule has 0 unspecified atom stereocenters. The summed E-state index contributed by atoms with van der Waals surface area (Å²) < 4.78 is 0. The summed E-state index contributed by atoms with van der Waals surface area (Å²) in [6.45, 7) is 3.13. The van der Waals surface area contributed by atoms with Crippen LogP contribution in [0.4, 0.5) is 0 Å². The van der Waals surface area contributed by atoms with Crippen LogP contribution in [0.3, 0.4) is 0 Å². The first-order chi connectivity index (χ1) is 5.36. The van der Waals surface area contributed by atoms with Gasteiger partial charge in [-0.25, -0.2) is 0 Å². The smallest absolute Gasteiger partial charge is 0.0965 e. The van der Waals surface area contributed by atoms with E-state index in [0.29, 0.717) is 0 Å². The molecule has 0 aromatic heterocycles. The molecule has 0 spiro atoms. The molecule has 1 aliphatic heterocycles. The van der Waals surface area contributed by atoms with E-state index in [1.165, 1.54) is 0 Å². The van der Waals surface area contributed by atoms with Gasteiger partial charge < -0.3 is 4.90 Å². The van der Waals surface area contributed by atoms with Crippen molar-refractivity contribution in [2.45, 2.75) is 19.8 Å². The Labute approximate surface area is 67.4 Å². The molecule has 0 saturated heterocycles. The fraction of sp³-hybridized carbons (Fsp3) is 0.444. The molecule has 0 fully saturated rings. The van der Waals surface area contributed by atoms with Gasteiger partial charge in [0, 0.05) is 24.7 Å². The van der Waals surface area contributed by atoms with Crippen LogP contribution in [-0.2, 0) is 0 Å². The molecular formula is C9H12N2. The molecule has 0 radical (unpaired) electrons. The lowest BCUT2D eigenvalue weighted by Gasteiger charge is -2.17. The maximum atomic E-state index is 8.60. The van der Waals surface area contributed by atoms with Crippen LogP contribution in [0.1, 0.15) is 19.8 Å². The van der Waals surface area contributed by atoms with E-state index in [4.69, 9.17) is 5.26 Å². The predicted octanol–water partition coefficient (Wildman–Crippen LogP) is 2.02. The fourth-order valence-electron chi connectivity index (χ4n) is 1.08. The van der Waals surface area contributed by atoms with Gasteiger partial charge in [-0.05, 0) is 12.6 Å². The highest BCUT2D eigenvalue weighted by Crippen LogP contribution is 2.10. The predicted molar refractivity (Wildman–Crippen MR) is 44.5 cm³/mol. The number of allylic oxidation sites excluding steroid dienone is 2. The third-order valence-electron chi connectivity index (χ3n) is 1.58. The minimum absolute atomic E-state index is 0.788. The Balaban J connectivity index is 2.55. The largest absolute Gasteiger partial charge is 0.354 e. The number of hydrogen-bond acceptors (Lipinski definition) is 2. The molecule has 1 heterocycles. The van der Waals surface area contributed by atoms with Crippen LogP contribution in [0.15, 0.2) is 24.0 Å². The summed E-state index contributed by atoms with van der Waals surface area (Å²) in [6, 6.07) is 2.16. The van der Waals surface area contributed by atoms with Crippen molar-refractivity contribution >= 4 is 0 Å². The highest BCUT2D eigenvalue weighted by atomic mass is 15.1. The quantitative estimate of drug-likeness (QED) is 0.599. The minimum Gasteiger partial charge on any atom is -0.354 e. The van der Waals surface area contributed by atoms with Crippen molar-refractivity contribution in [2.75, 3.05) is 6.54 Å². The summed E-state index contributed by atoms with van der Waals surface area (Å²) >= 11 is 0. The monoisotopic (exact) mass is 148 g/mol. The van der Waals surface area contributed by atoms with Crippen molar-refractivity contribution in [3.63, 3.8) is 0 Å². The molecule has 0 amide bonds. The molecule has 0 saturated carbocycles. The molecule has 0 aliphatic carbocycles. The molecule has 0 aromatic rings. The van der Waals surface area contributed by atoms with Gasteiger partial charge in [0.2, 0.25) is 0 Å². The van der Waals surface area contributed by atoms with E-state index < -0.39 is 0 Å². The Morgan fingerprint density at radius 3 is 3.18 bits per heavy atom. The highest BCUT2D eigenvalue weighted by molar-refractivity contribution is 5.26. The third kappa shape index (κ3) is 2.12. The molecular weight excluding hydrogens is 136 g/mol. The van der Waals surface area contributed by atoms with E-state index in [1.54, 1.807) is 0 Å². The molecule has 58 valence electrons. The maximum absolute atomic E-state index is 8.60. The first-order valence-corrected chi connectivity index (χ1v) is 3.90. The van der Waals surface area contributed by atoms with Crippen LogP contribution in [0, 0.1) is 11.3 Å². The summed E-state index contributed by atoms with van der Waals surface area (Å²) in [4.78, 5) is 2.06. The van der Waals surface area contributed by atoms with Crippen LogP contribution in [0.5, 0.6) is 0 Å². The van der Waals surface area contributed by atoms with E-state index >= 15 is 0 Å². The lowest BCUT2D eigenvalue weighted by molar-refractivity contribution is 0.490. The summed E-state index contributed by atoms with van der Waals surface area (Å²) in [5, 5.41) is 8.60. The van der Waals surface area contributed by atoms with E-state index in [2.05, 4.69) is 17.9 Å². The lowest BCUT2D eigenvalue weighted by Crippen LogP contribution is -2.13. The minimum atomic E-state index is 0.788. The van der Waals surface area contributed by atoms with Gasteiger partial charge in [0.15, 0.2) is 0 Å². The van der Waals surface area contributed by atoms with E-state index in [1.807, 2.05) is 18.5 Å². The van der Waals surface area contributed by atoms with Crippen molar-refractivity contribution < 1.29 is 0 Å². The van der Waals surface area contributed by atoms with Gasteiger partial charge in [-0.2, -0.15) is 5.26 Å². The molecule has 0 aromatic carbocycles. The zero-order valence-corrected chi connectivity index (χ0v) is 6.75. The Hall–Kier alpha value is -1.23. The topological polar surface area (TPSA) is 27.0 Å². The second-order valence-electron chi connectivity index (χ2n) is 2.59. The highest BCUT2D eigenvalue weighted by Gasteiger charge is 2.01. The zero-order valence-electron chi connectivity index (χ0n) is 6.75. The standard InChI is InChI=1S/C9H12N2/c1-2-5-11-6-3-4-9(7-10)8-11/h3,6,8H,2,4-5H2,1H3. The summed E-state index contributed by atoms with van der Waals surface area (Å²) in [5.41, 5.74) is 0.848. The number of hydrogen-bond donors (Lipinski definition) is 0. The fourth-order valence-corrected chi connectivity index (χ4v) is 1.08. The first-order valence-electron chi connectivity index (χ1n) is 3.90. The van der Waals surface area contributed by atoms with E-state index in [9.17, 15) is 0 Å². The number of nitrogens with zero attached hydrogens (tertiary/aromatic N) is 2. The molecule has 2 heteroatoms. The first kappa shape index (κ1) is 7.87. The molecule has 0 bridgehead atoms. The normalized spacial score (nSPS) is 16.0. The van der Waals surface area contributed by atoms with Crippen LogP contribution in [0.2, 0.25) is 0 Å². The van der Waals surface area contributed by atoms with Gasteiger partial charge in [-0.15, -0.1) is 0 Å². The van der Waals surface area contributed by atoms with Crippen LogP contribution in [-0.4, -0.2) is 11.4 Å². The molecule has 11 heavy (non-hydrogen) atoms. The van der Waals surface area contributed by atoms with Gasteiger partial charge >= 0.3 is 0 Å². The SMILES string of the molecule is CCCN1C=CCC(C#N)=C1. The van der Waals surface area contributed by atoms with Crippen molar-refractivity contribution in [3.05, 3.63) is 24.0 Å². The Kier molecular flexibility index (Phi) is 2.74. The Morgan fingerprint density at radius 2 is 2.55 bits per heavy atom. The maximum Gasteiger partial charge on any atom is 0.0965 e. The summed E-state index contributed by atoms with van der Waals surface area (Å²) in [5.74, 6) is 0. The van der Waals surface area contributed by atoms with E-state index in [-0.39, 0.29) is 0 Å².